The first-order chi connectivity index (χ1) is 18.4. The Morgan fingerprint density at radius 1 is 1.11 bits per heavy atom. The molecule has 1 fully saturated rings. The number of nitrogen functional groups attached to an aromatic ring is 1. The highest BCUT2D eigenvalue weighted by Crippen LogP contribution is 2.34. The van der Waals surface area contributed by atoms with E-state index in [4.69, 9.17) is 5.73 Å². The fraction of sp³-hybridized carbons (Fsp3) is 0.333. The number of aromatic nitrogens is 3. The van der Waals surface area contributed by atoms with Crippen molar-refractivity contribution in [3.05, 3.63) is 75.7 Å². The van der Waals surface area contributed by atoms with Crippen LogP contribution in [0.5, 0.6) is 0 Å². The molecule has 3 N–H and O–H groups in total. The lowest BCUT2D eigenvalue weighted by atomic mass is 10.1. The fourth-order valence-corrected chi connectivity index (χ4v) is 6.43. The lowest BCUT2D eigenvalue weighted by Gasteiger charge is -2.37. The molecule has 11 heteroatoms. The number of nitrogens with two attached hydrogens (primary N) is 1. The van der Waals surface area contributed by atoms with Crippen molar-refractivity contribution in [3.8, 4) is 0 Å². The van der Waals surface area contributed by atoms with Gasteiger partial charge < -0.3 is 20.9 Å². The molecule has 3 aromatic heterocycles. The van der Waals surface area contributed by atoms with Crippen molar-refractivity contribution < 1.29 is 9.18 Å². The Balaban J connectivity index is 1.18. The monoisotopic (exact) mass is 533 g/mol. The summed E-state index contributed by atoms with van der Waals surface area (Å²) in [6.45, 7) is 4.63. The number of thiophene rings is 1. The van der Waals surface area contributed by atoms with Crippen molar-refractivity contribution in [1.29, 1.82) is 0 Å². The second-order valence-electron chi connectivity index (χ2n) is 9.83. The van der Waals surface area contributed by atoms with Gasteiger partial charge in [-0.1, -0.05) is 19.1 Å². The Morgan fingerprint density at radius 2 is 1.84 bits per heavy atom. The molecule has 1 aromatic carbocycles. The number of carbonyl (C=O) groups is 1. The topological polar surface area (TPSA) is 109 Å². The van der Waals surface area contributed by atoms with E-state index < -0.39 is 6.04 Å². The third-order valence-corrected chi connectivity index (χ3v) is 8.46. The summed E-state index contributed by atoms with van der Waals surface area (Å²) in [6, 6.07) is 9.92. The zero-order valence-electron chi connectivity index (χ0n) is 20.9. The largest absolute Gasteiger partial charge is 0.384 e. The number of rotatable bonds is 5. The van der Waals surface area contributed by atoms with Crippen LogP contribution >= 0.6 is 11.3 Å². The number of nitrogens with one attached hydrogen (secondary N) is 1. The molecule has 0 spiro atoms. The van der Waals surface area contributed by atoms with Gasteiger partial charge in [0.1, 0.15) is 29.2 Å². The molecule has 0 bridgehead atoms. The minimum absolute atomic E-state index is 0.0104. The molecule has 9 nitrogen and oxygen atoms in total. The maximum atomic E-state index is 14.2. The molecule has 0 unspecified atom stereocenters. The summed E-state index contributed by atoms with van der Waals surface area (Å²) in [5, 5.41) is 3.99. The van der Waals surface area contributed by atoms with Gasteiger partial charge in [-0.25, -0.2) is 14.4 Å². The van der Waals surface area contributed by atoms with Gasteiger partial charge in [-0.2, -0.15) is 0 Å². The number of piperazine rings is 1. The maximum Gasteiger partial charge on any atom is 0.277 e. The lowest BCUT2D eigenvalue weighted by molar-refractivity contribution is -0.124. The number of carbonyl (C=O) groups excluding carboxylic acids is 1. The van der Waals surface area contributed by atoms with Gasteiger partial charge in [-0.05, 0) is 30.7 Å². The van der Waals surface area contributed by atoms with Gasteiger partial charge in [0.2, 0.25) is 5.91 Å². The van der Waals surface area contributed by atoms with Crippen LogP contribution in [0.25, 0.3) is 10.1 Å². The molecule has 2 atom stereocenters. The highest BCUT2D eigenvalue weighted by molar-refractivity contribution is 7.19. The molecule has 38 heavy (non-hydrogen) atoms. The van der Waals surface area contributed by atoms with Crippen LogP contribution in [0.4, 0.5) is 21.6 Å². The molecule has 6 rings (SSSR count). The standard InChI is InChI=1S/C27H28FN7O2S/c1-16-10-21(26(36)32-14-18-11-17-13-30-24(29)12-23(17)38-18)35-25(16)31-15-22(27(35)37)34-8-6-33(7-9-34)20-5-3-2-4-19(20)28/h2-5,11-13,15-16,21H,6-10,14H2,1H3,(H2,29,30)(H,32,36)/t16-,21+/m1/s1. The molecule has 1 amide bonds. The number of fused-ring (bicyclic) bond motifs is 2. The number of para-hydroxylation sites is 1. The van der Waals surface area contributed by atoms with E-state index in [2.05, 4.69) is 15.3 Å². The van der Waals surface area contributed by atoms with Crippen LogP contribution in [0, 0.1) is 5.82 Å². The van der Waals surface area contributed by atoms with Gasteiger partial charge in [-0.15, -0.1) is 11.3 Å². The molecule has 0 aliphatic carbocycles. The number of pyridine rings is 1. The van der Waals surface area contributed by atoms with Gasteiger partial charge in [0.05, 0.1) is 18.4 Å². The molecule has 2 aliphatic rings. The van der Waals surface area contributed by atoms with E-state index in [1.54, 1.807) is 40.4 Å². The second kappa shape index (κ2) is 9.71. The van der Waals surface area contributed by atoms with E-state index in [1.807, 2.05) is 34.9 Å². The van der Waals surface area contributed by atoms with Crippen LogP contribution in [-0.2, 0) is 11.3 Å². The van der Waals surface area contributed by atoms with Crippen molar-refractivity contribution in [1.82, 2.24) is 19.9 Å². The predicted octanol–water partition coefficient (Wildman–Crippen LogP) is 3.27. The number of amides is 1. The quantitative estimate of drug-likeness (QED) is 0.405. The van der Waals surface area contributed by atoms with Crippen molar-refractivity contribution >= 4 is 44.5 Å². The van der Waals surface area contributed by atoms with Gasteiger partial charge in [-0.3, -0.25) is 14.2 Å². The average Bonchev–Trinajstić information content (AvgIpc) is 3.48. The zero-order valence-corrected chi connectivity index (χ0v) is 21.7. The minimum atomic E-state index is -0.619. The number of nitrogens with zero attached hydrogens (tertiary/aromatic N) is 5. The molecule has 196 valence electrons. The van der Waals surface area contributed by atoms with Gasteiger partial charge >= 0.3 is 0 Å². The highest BCUT2D eigenvalue weighted by Gasteiger charge is 2.36. The molecule has 1 saturated heterocycles. The Kier molecular flexibility index (Phi) is 6.22. The van der Waals surface area contributed by atoms with Crippen LogP contribution < -0.4 is 26.4 Å². The first-order valence-corrected chi connectivity index (χ1v) is 13.5. The molecule has 0 radical (unpaired) electrons. The summed E-state index contributed by atoms with van der Waals surface area (Å²) in [7, 11) is 0. The highest BCUT2D eigenvalue weighted by atomic mass is 32.1. The maximum absolute atomic E-state index is 14.2. The van der Waals surface area contributed by atoms with E-state index in [0.29, 0.717) is 62.2 Å². The Hall–Kier alpha value is -3.99. The van der Waals surface area contributed by atoms with Crippen LogP contribution in [0.3, 0.4) is 0 Å². The molecular formula is C27H28FN7O2S. The Morgan fingerprint density at radius 3 is 2.61 bits per heavy atom. The summed E-state index contributed by atoms with van der Waals surface area (Å²) >= 11 is 1.56. The summed E-state index contributed by atoms with van der Waals surface area (Å²) in [5.74, 6) is 0.634. The molecule has 2 aliphatic heterocycles. The second-order valence-corrected chi connectivity index (χ2v) is 11.0. The van der Waals surface area contributed by atoms with Crippen molar-refractivity contribution in [2.75, 3.05) is 41.7 Å². The minimum Gasteiger partial charge on any atom is -0.384 e. The van der Waals surface area contributed by atoms with E-state index in [1.165, 1.54) is 6.07 Å². The third-order valence-electron chi connectivity index (χ3n) is 7.36. The first kappa shape index (κ1) is 24.4. The summed E-state index contributed by atoms with van der Waals surface area (Å²) < 4.78 is 16.8. The van der Waals surface area contributed by atoms with Gasteiger partial charge in [0, 0.05) is 53.3 Å². The number of hydrogen-bond donors (Lipinski definition) is 2. The lowest BCUT2D eigenvalue weighted by Crippen LogP contribution is -2.49. The first-order valence-electron chi connectivity index (χ1n) is 12.7. The Labute approximate surface area is 222 Å². The van der Waals surface area contributed by atoms with Crippen molar-refractivity contribution in [2.45, 2.75) is 31.8 Å². The predicted molar refractivity (Wildman–Crippen MR) is 147 cm³/mol. The van der Waals surface area contributed by atoms with E-state index in [0.717, 1.165) is 15.0 Å². The number of hydrogen-bond acceptors (Lipinski definition) is 8. The number of benzene rings is 1. The molecule has 5 heterocycles. The molecular weight excluding hydrogens is 505 g/mol. The zero-order chi connectivity index (χ0) is 26.4. The molecule has 4 aromatic rings. The van der Waals surface area contributed by atoms with Crippen LogP contribution in [0.1, 0.15) is 36.0 Å². The van der Waals surface area contributed by atoms with E-state index in [-0.39, 0.29) is 23.2 Å². The summed E-state index contributed by atoms with van der Waals surface area (Å²) in [5.41, 5.74) is 6.62. The van der Waals surface area contributed by atoms with Crippen LogP contribution in [-0.4, -0.2) is 46.6 Å². The Bertz CT molecular complexity index is 1580. The number of halogens is 1. The average molecular weight is 534 g/mol. The van der Waals surface area contributed by atoms with E-state index >= 15 is 0 Å². The summed E-state index contributed by atoms with van der Waals surface area (Å²) in [6.07, 6.45) is 3.87. The smallest absolute Gasteiger partial charge is 0.277 e. The van der Waals surface area contributed by atoms with Crippen molar-refractivity contribution in [3.63, 3.8) is 0 Å². The third kappa shape index (κ3) is 4.36. The molecule has 0 saturated carbocycles. The van der Waals surface area contributed by atoms with Gasteiger partial charge in [0.25, 0.3) is 5.56 Å². The summed E-state index contributed by atoms with van der Waals surface area (Å²) in [4.78, 5) is 40.6. The van der Waals surface area contributed by atoms with Gasteiger partial charge in [0.15, 0.2) is 0 Å². The van der Waals surface area contributed by atoms with Crippen LogP contribution in [0.15, 0.2) is 53.6 Å². The van der Waals surface area contributed by atoms with Crippen molar-refractivity contribution in [2.24, 2.45) is 0 Å². The fourth-order valence-electron chi connectivity index (χ4n) is 5.40. The van der Waals surface area contributed by atoms with Crippen LogP contribution in [0.2, 0.25) is 0 Å². The SMILES string of the molecule is C[C@@H]1C[C@@H](C(=O)NCc2cc3cnc(N)cc3s2)n2c1ncc(N1CCN(c3ccccc3F)CC1)c2=O. The van der Waals surface area contributed by atoms with E-state index in [9.17, 15) is 14.0 Å². The number of anilines is 3. The normalized spacial score (nSPS) is 19.1.